The van der Waals surface area contributed by atoms with Crippen LogP contribution in [0, 0.1) is 0 Å². The fourth-order valence-electron chi connectivity index (χ4n) is 10.8. The molecule has 0 bridgehead atoms. The summed E-state index contributed by atoms with van der Waals surface area (Å²) in [5.74, 6) is 0. The van der Waals surface area contributed by atoms with Gasteiger partial charge >= 0.3 is 0 Å². The second-order valence-electron chi connectivity index (χ2n) is 17.7. The van der Waals surface area contributed by atoms with Crippen molar-refractivity contribution in [2.75, 3.05) is 4.90 Å². The number of benzene rings is 10. The van der Waals surface area contributed by atoms with Crippen LogP contribution in [0.2, 0.25) is 0 Å². The van der Waals surface area contributed by atoms with Gasteiger partial charge in [0.2, 0.25) is 0 Å². The van der Waals surface area contributed by atoms with Crippen molar-refractivity contribution in [3.05, 3.63) is 230 Å². The second-order valence-corrected chi connectivity index (χ2v) is 17.7. The van der Waals surface area contributed by atoms with Gasteiger partial charge in [-0.15, -0.1) is 0 Å². The fraction of sp³-hybridized carbons (Fsp3) is 0.0492. The molecule has 0 radical (unpaired) electrons. The van der Waals surface area contributed by atoms with E-state index >= 15 is 0 Å². The lowest BCUT2D eigenvalue weighted by molar-refractivity contribution is 0.660. The number of hydrogen-bond acceptors (Lipinski definition) is 2. The highest BCUT2D eigenvalue weighted by atomic mass is 16.3. The van der Waals surface area contributed by atoms with Gasteiger partial charge in [-0.05, 0) is 123 Å². The molecule has 10 aromatic carbocycles. The Labute approximate surface area is 371 Å². The van der Waals surface area contributed by atoms with Gasteiger partial charge in [-0.25, -0.2) is 0 Å². The predicted molar refractivity (Wildman–Crippen MR) is 269 cm³/mol. The van der Waals surface area contributed by atoms with Gasteiger partial charge in [0.25, 0.3) is 0 Å². The molecule has 0 aliphatic heterocycles. The lowest BCUT2D eigenvalue weighted by Crippen LogP contribution is -2.16. The maximum Gasteiger partial charge on any atom is 0.137 e. The van der Waals surface area contributed by atoms with Crippen LogP contribution in [0.5, 0.6) is 0 Å². The normalized spacial score (nSPS) is 13.0. The molecule has 13 rings (SSSR count). The fourth-order valence-corrected chi connectivity index (χ4v) is 10.8. The van der Waals surface area contributed by atoms with Crippen LogP contribution < -0.4 is 4.90 Å². The standard InChI is InChI=1S/C61H42N2O/c1-61(2)52-24-13-11-22-47(52)48-34-33-45(38-53(48)61)62(43-19-7-4-8-20-43)44-31-28-39(29-32-44)41-30-35-54-51(36-41)58-50(40-16-5-3-6-17-40)37-42-18-9-10-21-46(42)60(58)63(54)55-25-15-27-57-59(55)49-23-12-14-26-56(49)64-57/h3-38H,1-2H3. The molecular weight excluding hydrogens is 777 g/mol. The highest BCUT2D eigenvalue weighted by Gasteiger charge is 2.35. The van der Waals surface area contributed by atoms with Crippen LogP contribution in [-0.4, -0.2) is 4.57 Å². The summed E-state index contributed by atoms with van der Waals surface area (Å²) in [6.07, 6.45) is 0. The number of para-hydroxylation sites is 2. The van der Waals surface area contributed by atoms with E-state index in [0.29, 0.717) is 0 Å². The van der Waals surface area contributed by atoms with Crippen molar-refractivity contribution in [3.63, 3.8) is 0 Å². The molecule has 2 aromatic heterocycles. The van der Waals surface area contributed by atoms with Gasteiger partial charge in [0.1, 0.15) is 11.2 Å². The van der Waals surface area contributed by atoms with Crippen molar-refractivity contribution in [3.8, 4) is 39.1 Å². The summed E-state index contributed by atoms with van der Waals surface area (Å²) in [5.41, 5.74) is 18.6. The zero-order chi connectivity index (χ0) is 42.5. The lowest BCUT2D eigenvalue weighted by Gasteiger charge is -2.28. The molecule has 1 aliphatic rings. The number of nitrogens with zero attached hydrogens (tertiary/aromatic N) is 2. The van der Waals surface area contributed by atoms with Gasteiger partial charge in [0.05, 0.1) is 22.1 Å². The van der Waals surface area contributed by atoms with Crippen LogP contribution in [0.1, 0.15) is 25.0 Å². The van der Waals surface area contributed by atoms with E-state index in [1.807, 2.05) is 6.07 Å². The zero-order valence-corrected chi connectivity index (χ0v) is 35.6. The van der Waals surface area contributed by atoms with E-state index in [9.17, 15) is 0 Å². The molecule has 64 heavy (non-hydrogen) atoms. The first-order chi connectivity index (χ1) is 31.5. The Bertz CT molecular complexity index is 3800. The topological polar surface area (TPSA) is 21.3 Å². The number of furan rings is 1. The first kappa shape index (κ1) is 36.5. The molecule has 0 atom stereocenters. The molecular formula is C61H42N2O. The molecule has 0 saturated carbocycles. The van der Waals surface area contributed by atoms with Crippen LogP contribution in [0.15, 0.2) is 223 Å². The van der Waals surface area contributed by atoms with Crippen LogP contribution >= 0.6 is 0 Å². The molecule has 0 spiro atoms. The van der Waals surface area contributed by atoms with Crippen LogP contribution in [0.4, 0.5) is 17.1 Å². The molecule has 3 nitrogen and oxygen atoms in total. The maximum absolute atomic E-state index is 6.48. The minimum atomic E-state index is -0.0958. The van der Waals surface area contributed by atoms with E-state index in [1.165, 1.54) is 66.0 Å². The monoisotopic (exact) mass is 818 g/mol. The molecule has 0 saturated heterocycles. The van der Waals surface area contributed by atoms with Gasteiger partial charge in [-0.3, -0.25) is 0 Å². The Kier molecular flexibility index (Phi) is 7.95. The molecule has 3 heteroatoms. The summed E-state index contributed by atoms with van der Waals surface area (Å²) in [6.45, 7) is 4.70. The Morgan fingerprint density at radius 3 is 1.91 bits per heavy atom. The Morgan fingerprint density at radius 2 is 1.06 bits per heavy atom. The molecule has 12 aromatic rings. The molecule has 302 valence electrons. The summed E-state index contributed by atoms with van der Waals surface area (Å²) in [4.78, 5) is 2.39. The number of hydrogen-bond donors (Lipinski definition) is 0. The van der Waals surface area contributed by atoms with E-state index in [2.05, 4.69) is 236 Å². The van der Waals surface area contributed by atoms with E-state index in [1.54, 1.807) is 0 Å². The summed E-state index contributed by atoms with van der Waals surface area (Å²) in [5, 5.41) is 7.09. The second kappa shape index (κ2) is 13.9. The summed E-state index contributed by atoms with van der Waals surface area (Å²) < 4.78 is 8.97. The molecule has 1 aliphatic carbocycles. The highest BCUT2D eigenvalue weighted by molar-refractivity contribution is 6.25. The van der Waals surface area contributed by atoms with Gasteiger partial charge in [-0.1, -0.05) is 159 Å². The average molecular weight is 819 g/mol. The van der Waals surface area contributed by atoms with E-state index in [4.69, 9.17) is 4.42 Å². The van der Waals surface area contributed by atoms with Crippen molar-refractivity contribution in [2.24, 2.45) is 0 Å². The summed E-state index contributed by atoms with van der Waals surface area (Å²) in [6, 6.07) is 79.6. The Balaban J connectivity index is 1.01. The minimum Gasteiger partial charge on any atom is -0.456 e. The molecule has 0 fully saturated rings. The third-order valence-corrected chi connectivity index (χ3v) is 13.8. The van der Waals surface area contributed by atoms with Gasteiger partial charge in [0, 0.05) is 44.0 Å². The Hall–Kier alpha value is -8.14. The van der Waals surface area contributed by atoms with E-state index in [0.717, 1.165) is 55.8 Å². The number of aromatic nitrogens is 1. The number of anilines is 3. The third-order valence-electron chi connectivity index (χ3n) is 13.8. The van der Waals surface area contributed by atoms with Crippen molar-refractivity contribution in [1.82, 2.24) is 4.57 Å². The van der Waals surface area contributed by atoms with Crippen LogP contribution in [-0.2, 0) is 5.41 Å². The van der Waals surface area contributed by atoms with Crippen molar-refractivity contribution >= 4 is 71.6 Å². The van der Waals surface area contributed by atoms with Gasteiger partial charge in [0.15, 0.2) is 0 Å². The maximum atomic E-state index is 6.48. The average Bonchev–Trinajstić information content (AvgIpc) is 3.98. The van der Waals surface area contributed by atoms with Gasteiger partial charge in [-0.2, -0.15) is 0 Å². The highest BCUT2D eigenvalue weighted by Crippen LogP contribution is 2.51. The summed E-state index contributed by atoms with van der Waals surface area (Å²) in [7, 11) is 0. The first-order valence-electron chi connectivity index (χ1n) is 22.2. The van der Waals surface area contributed by atoms with Crippen molar-refractivity contribution in [2.45, 2.75) is 19.3 Å². The largest absolute Gasteiger partial charge is 0.456 e. The minimum absolute atomic E-state index is 0.0958. The molecule has 0 unspecified atom stereocenters. The number of fused-ring (bicyclic) bond motifs is 11. The van der Waals surface area contributed by atoms with E-state index < -0.39 is 0 Å². The molecule has 2 heterocycles. The van der Waals surface area contributed by atoms with Crippen LogP contribution in [0.25, 0.3) is 93.6 Å². The van der Waals surface area contributed by atoms with Crippen molar-refractivity contribution < 1.29 is 4.42 Å². The van der Waals surface area contributed by atoms with Crippen molar-refractivity contribution in [1.29, 1.82) is 0 Å². The summed E-state index contributed by atoms with van der Waals surface area (Å²) >= 11 is 0. The quantitative estimate of drug-likeness (QED) is 0.167. The van der Waals surface area contributed by atoms with Crippen LogP contribution in [0.3, 0.4) is 0 Å². The van der Waals surface area contributed by atoms with E-state index in [-0.39, 0.29) is 5.41 Å². The predicted octanol–water partition coefficient (Wildman–Crippen LogP) is 16.9. The lowest BCUT2D eigenvalue weighted by atomic mass is 9.82. The molecule has 0 amide bonds. The number of rotatable bonds is 6. The third kappa shape index (κ3) is 5.41. The SMILES string of the molecule is CC1(C)c2ccccc2-c2ccc(N(c3ccccc3)c3ccc(-c4ccc5c(c4)c4c(-c6ccccc6)cc6ccccc6c4n5-c4cccc5oc6ccccc6c45)cc3)cc21. The Morgan fingerprint density at radius 1 is 0.406 bits per heavy atom. The smallest absolute Gasteiger partial charge is 0.137 e. The van der Waals surface area contributed by atoms with Gasteiger partial charge < -0.3 is 13.9 Å². The zero-order valence-electron chi connectivity index (χ0n) is 35.6. The molecule has 0 N–H and O–H groups in total. The first-order valence-corrected chi connectivity index (χ1v) is 22.2.